The second kappa shape index (κ2) is 3.25. The fraction of sp³-hybridized carbons (Fsp3) is 0.571. The van der Waals surface area contributed by atoms with Gasteiger partial charge in [-0.15, -0.1) is 0 Å². The van der Waals surface area contributed by atoms with Crippen LogP contribution in [0.25, 0.3) is 0 Å². The molecule has 1 atom stereocenters. The van der Waals surface area contributed by atoms with Crippen LogP contribution in [0, 0.1) is 5.92 Å². The highest BCUT2D eigenvalue weighted by atomic mass is 16.5. The number of hydrogen-bond acceptors (Lipinski definition) is 2. The van der Waals surface area contributed by atoms with Crippen molar-refractivity contribution in [1.82, 2.24) is 0 Å². The smallest absolute Gasteiger partial charge is 0.290 e. The van der Waals surface area contributed by atoms with Gasteiger partial charge in [-0.3, -0.25) is 4.79 Å². The maximum atomic E-state index is 8.36. The van der Waals surface area contributed by atoms with E-state index in [1.165, 1.54) is 18.6 Å². The average molecular weight is 142 g/mol. The summed E-state index contributed by atoms with van der Waals surface area (Å²) in [6.07, 6.45) is 4.70. The predicted octanol–water partition coefficient (Wildman–Crippen LogP) is 1.01. The molecule has 3 nitrogen and oxygen atoms in total. The molecule has 56 valence electrons. The normalized spacial score (nSPS) is 26.0. The van der Waals surface area contributed by atoms with Crippen molar-refractivity contribution < 1.29 is 14.6 Å². The van der Waals surface area contributed by atoms with E-state index in [4.69, 9.17) is 14.6 Å². The lowest BCUT2D eigenvalue weighted by atomic mass is 10.1. The molecule has 0 aromatic rings. The zero-order valence-electron chi connectivity index (χ0n) is 5.62. The minimum absolute atomic E-state index is 0.250. The number of hydrogen-bond donors (Lipinski definition) is 1. The molecule has 2 aliphatic rings. The lowest BCUT2D eigenvalue weighted by Gasteiger charge is -2.01. The minimum Gasteiger partial charge on any atom is -0.498 e. The Morgan fingerprint density at radius 2 is 2.50 bits per heavy atom. The van der Waals surface area contributed by atoms with Gasteiger partial charge in [-0.2, -0.15) is 0 Å². The summed E-state index contributed by atoms with van der Waals surface area (Å²) in [5.74, 6) is 2.10. The molecule has 3 heteroatoms. The highest BCUT2D eigenvalue weighted by molar-refractivity contribution is 5.32. The van der Waals surface area contributed by atoms with Crippen molar-refractivity contribution in [2.24, 2.45) is 5.92 Å². The molecule has 1 saturated heterocycles. The highest BCUT2D eigenvalue weighted by Crippen LogP contribution is 2.32. The van der Waals surface area contributed by atoms with Crippen molar-refractivity contribution in [2.75, 3.05) is 6.61 Å². The van der Waals surface area contributed by atoms with Crippen LogP contribution in [-0.4, -0.2) is 18.2 Å². The van der Waals surface area contributed by atoms with Crippen LogP contribution in [0.1, 0.15) is 12.8 Å². The Hall–Kier alpha value is -0.990. The van der Waals surface area contributed by atoms with Crippen LogP contribution in [-0.2, 0) is 9.53 Å². The van der Waals surface area contributed by atoms with Gasteiger partial charge in [0.25, 0.3) is 6.47 Å². The lowest BCUT2D eigenvalue weighted by Crippen LogP contribution is -1.95. The van der Waals surface area contributed by atoms with Gasteiger partial charge in [0.1, 0.15) is 0 Å². The molecule has 10 heavy (non-hydrogen) atoms. The van der Waals surface area contributed by atoms with Gasteiger partial charge < -0.3 is 9.84 Å². The van der Waals surface area contributed by atoms with E-state index in [0.29, 0.717) is 0 Å². The molecule has 1 aliphatic heterocycles. The third-order valence-electron chi connectivity index (χ3n) is 1.67. The zero-order valence-corrected chi connectivity index (χ0v) is 5.62. The van der Waals surface area contributed by atoms with Gasteiger partial charge in [-0.1, -0.05) is 0 Å². The van der Waals surface area contributed by atoms with Gasteiger partial charge in [-0.25, -0.2) is 0 Å². The molecule has 1 unspecified atom stereocenters. The predicted molar refractivity (Wildman–Crippen MR) is 35.5 cm³/mol. The molecule has 0 radical (unpaired) electrons. The number of rotatable bonds is 0. The standard InChI is InChI=1S/C6H8O.CH2O2/c1-2-6-3-5(1)4-7-6;2-1-3/h2,5H,1,3-4H2;1H,(H,2,3). The van der Waals surface area contributed by atoms with Gasteiger partial charge in [0, 0.05) is 12.3 Å². The third-order valence-corrected chi connectivity index (χ3v) is 1.67. The number of carbonyl (C=O) groups is 1. The van der Waals surface area contributed by atoms with Crippen molar-refractivity contribution in [3.05, 3.63) is 11.8 Å². The number of carboxylic acid groups (broad SMARTS) is 1. The topological polar surface area (TPSA) is 46.5 Å². The summed E-state index contributed by atoms with van der Waals surface area (Å²) in [6, 6.07) is 0. The molecule has 0 amide bonds. The van der Waals surface area contributed by atoms with Gasteiger partial charge in [0.15, 0.2) is 0 Å². The van der Waals surface area contributed by atoms with E-state index in [1.807, 2.05) is 0 Å². The van der Waals surface area contributed by atoms with E-state index >= 15 is 0 Å². The van der Waals surface area contributed by atoms with E-state index in [2.05, 4.69) is 6.08 Å². The van der Waals surface area contributed by atoms with Gasteiger partial charge >= 0.3 is 0 Å². The molecule has 2 bridgehead atoms. The first kappa shape index (κ1) is 7.12. The Morgan fingerprint density at radius 1 is 1.80 bits per heavy atom. The van der Waals surface area contributed by atoms with Gasteiger partial charge in [0.05, 0.1) is 12.4 Å². The molecule has 1 aliphatic carbocycles. The third kappa shape index (κ3) is 1.50. The Balaban J connectivity index is 0.000000148. The van der Waals surface area contributed by atoms with E-state index < -0.39 is 0 Å². The van der Waals surface area contributed by atoms with Crippen LogP contribution in [0.2, 0.25) is 0 Å². The van der Waals surface area contributed by atoms with Crippen molar-refractivity contribution in [1.29, 1.82) is 0 Å². The zero-order chi connectivity index (χ0) is 7.40. The maximum Gasteiger partial charge on any atom is 0.290 e. The molecular weight excluding hydrogens is 132 g/mol. The van der Waals surface area contributed by atoms with E-state index in [0.717, 1.165) is 12.5 Å². The largest absolute Gasteiger partial charge is 0.498 e. The van der Waals surface area contributed by atoms with Gasteiger partial charge in [-0.05, 0) is 12.5 Å². The summed E-state index contributed by atoms with van der Waals surface area (Å²) < 4.78 is 5.21. The molecule has 1 heterocycles. The van der Waals surface area contributed by atoms with E-state index in [1.54, 1.807) is 0 Å². The Labute approximate surface area is 59.3 Å². The minimum atomic E-state index is -0.250. The number of fused-ring (bicyclic) bond motifs is 2. The summed E-state index contributed by atoms with van der Waals surface area (Å²) in [7, 11) is 0. The second-order valence-corrected chi connectivity index (χ2v) is 2.39. The summed E-state index contributed by atoms with van der Waals surface area (Å²) in [6.45, 7) is 0.742. The van der Waals surface area contributed by atoms with Crippen molar-refractivity contribution in [3.8, 4) is 0 Å². The monoisotopic (exact) mass is 142 g/mol. The molecule has 0 aromatic carbocycles. The summed E-state index contributed by atoms with van der Waals surface area (Å²) in [4.78, 5) is 8.36. The second-order valence-electron chi connectivity index (χ2n) is 2.39. The van der Waals surface area contributed by atoms with Gasteiger partial charge in [0.2, 0.25) is 0 Å². The molecule has 2 rings (SSSR count). The molecule has 0 spiro atoms. The van der Waals surface area contributed by atoms with Crippen LogP contribution in [0.4, 0.5) is 0 Å². The lowest BCUT2D eigenvalue weighted by molar-refractivity contribution is -0.122. The molecule has 0 saturated carbocycles. The quantitative estimate of drug-likeness (QED) is 0.513. The first-order valence-electron chi connectivity index (χ1n) is 3.26. The Morgan fingerprint density at radius 3 is 2.60 bits per heavy atom. The molecule has 1 fully saturated rings. The van der Waals surface area contributed by atoms with Crippen LogP contribution in [0.3, 0.4) is 0 Å². The average Bonchev–Trinajstić information content (AvgIpc) is 2.49. The molecule has 0 aromatic heterocycles. The maximum absolute atomic E-state index is 8.36. The first-order valence-corrected chi connectivity index (χ1v) is 3.26. The van der Waals surface area contributed by atoms with Crippen molar-refractivity contribution in [3.63, 3.8) is 0 Å². The Bertz CT molecular complexity index is 151. The van der Waals surface area contributed by atoms with E-state index in [9.17, 15) is 0 Å². The van der Waals surface area contributed by atoms with Crippen LogP contribution in [0.5, 0.6) is 0 Å². The van der Waals surface area contributed by atoms with Crippen molar-refractivity contribution in [2.45, 2.75) is 12.8 Å². The van der Waals surface area contributed by atoms with Crippen LogP contribution in [0.15, 0.2) is 11.8 Å². The highest BCUT2D eigenvalue weighted by Gasteiger charge is 2.24. The summed E-state index contributed by atoms with van der Waals surface area (Å²) in [5.41, 5.74) is 0. The fourth-order valence-electron chi connectivity index (χ4n) is 1.22. The SMILES string of the molecule is C1=C2CC(C1)CO2.O=CO. The van der Waals surface area contributed by atoms with E-state index in [-0.39, 0.29) is 6.47 Å². The first-order chi connectivity index (χ1) is 4.86. The summed E-state index contributed by atoms with van der Waals surface area (Å²) >= 11 is 0. The summed E-state index contributed by atoms with van der Waals surface area (Å²) in [5, 5.41) is 6.89. The Kier molecular flexibility index (Phi) is 2.31. The van der Waals surface area contributed by atoms with Crippen LogP contribution < -0.4 is 0 Å². The molecular formula is C7H10O3. The van der Waals surface area contributed by atoms with Crippen LogP contribution >= 0.6 is 0 Å². The number of allylic oxidation sites excluding steroid dienone is 2. The fourth-order valence-corrected chi connectivity index (χ4v) is 1.22. The van der Waals surface area contributed by atoms with Crippen molar-refractivity contribution >= 4 is 6.47 Å². The molecule has 1 N–H and O–H groups in total. The number of ether oxygens (including phenoxy) is 1.